The number of benzene rings is 1. The molecule has 0 radical (unpaired) electrons. The first kappa shape index (κ1) is 16.4. The molecule has 0 amide bonds. The van der Waals surface area contributed by atoms with Gasteiger partial charge in [-0.15, -0.1) is 0 Å². The molecule has 2 fully saturated rings. The molecule has 126 valence electrons. The second-order valence-electron chi connectivity index (χ2n) is 5.52. The van der Waals surface area contributed by atoms with E-state index in [0.717, 1.165) is 5.56 Å². The van der Waals surface area contributed by atoms with Gasteiger partial charge in [0.2, 0.25) is 0 Å². The number of aliphatic hydroxyl groups is 1. The van der Waals surface area contributed by atoms with Gasteiger partial charge in [0.15, 0.2) is 18.7 Å². The van der Waals surface area contributed by atoms with Crippen LogP contribution in [-0.2, 0) is 28.5 Å². The number of fused-ring (bicyclic) bond motifs is 1. The second-order valence-corrected chi connectivity index (χ2v) is 5.52. The molecule has 0 spiro atoms. The van der Waals surface area contributed by atoms with Crippen molar-refractivity contribution in [1.29, 1.82) is 0 Å². The standard InChI is InChI=1S/C16H20O7/c1-9(17)21-14-12(18)13-11(22-16(14)19-2)8-20-15(23-13)10-6-4-3-5-7-10/h3-7,11-16,18H,8H2,1-2H3/t11-,12+,13-,14-,15-,16+/m1/s1. The van der Waals surface area contributed by atoms with Crippen molar-refractivity contribution in [3.8, 4) is 0 Å². The van der Waals surface area contributed by atoms with E-state index in [0.29, 0.717) is 0 Å². The van der Waals surface area contributed by atoms with Gasteiger partial charge in [0.1, 0.15) is 18.3 Å². The maximum absolute atomic E-state index is 11.3. The average molecular weight is 324 g/mol. The summed E-state index contributed by atoms with van der Waals surface area (Å²) in [6.45, 7) is 1.51. The zero-order valence-electron chi connectivity index (χ0n) is 13.0. The Balaban J connectivity index is 1.76. The summed E-state index contributed by atoms with van der Waals surface area (Å²) in [5, 5.41) is 10.6. The van der Waals surface area contributed by atoms with Crippen LogP contribution < -0.4 is 0 Å². The van der Waals surface area contributed by atoms with Crippen LogP contribution in [0.2, 0.25) is 0 Å². The van der Waals surface area contributed by atoms with E-state index in [9.17, 15) is 9.90 Å². The largest absolute Gasteiger partial charge is 0.454 e. The van der Waals surface area contributed by atoms with E-state index in [2.05, 4.69) is 0 Å². The molecule has 6 atom stereocenters. The molecule has 0 bridgehead atoms. The molecule has 23 heavy (non-hydrogen) atoms. The van der Waals surface area contributed by atoms with Gasteiger partial charge in [-0.2, -0.15) is 0 Å². The van der Waals surface area contributed by atoms with Gasteiger partial charge in [-0.1, -0.05) is 30.3 Å². The molecule has 2 heterocycles. The van der Waals surface area contributed by atoms with E-state index in [-0.39, 0.29) is 6.61 Å². The monoisotopic (exact) mass is 324 g/mol. The smallest absolute Gasteiger partial charge is 0.303 e. The minimum Gasteiger partial charge on any atom is -0.454 e. The Labute approximate surface area is 134 Å². The van der Waals surface area contributed by atoms with E-state index in [1.165, 1.54) is 14.0 Å². The van der Waals surface area contributed by atoms with Gasteiger partial charge in [-0.25, -0.2) is 0 Å². The van der Waals surface area contributed by atoms with Crippen molar-refractivity contribution in [3.05, 3.63) is 35.9 Å². The highest BCUT2D eigenvalue weighted by molar-refractivity contribution is 5.66. The molecule has 7 heteroatoms. The van der Waals surface area contributed by atoms with E-state index < -0.39 is 43.0 Å². The Morgan fingerprint density at radius 1 is 1.26 bits per heavy atom. The van der Waals surface area contributed by atoms with Crippen LogP contribution in [0.25, 0.3) is 0 Å². The molecule has 1 N–H and O–H groups in total. The normalized spacial score (nSPS) is 37.0. The topological polar surface area (TPSA) is 83.5 Å². The van der Waals surface area contributed by atoms with Crippen molar-refractivity contribution < 1.29 is 33.6 Å². The molecular formula is C16H20O7. The van der Waals surface area contributed by atoms with Crippen molar-refractivity contribution >= 4 is 5.97 Å². The molecule has 3 rings (SSSR count). The minimum absolute atomic E-state index is 0.244. The number of esters is 1. The number of aliphatic hydroxyl groups excluding tert-OH is 1. The highest BCUT2D eigenvalue weighted by Crippen LogP contribution is 2.35. The number of carbonyl (C=O) groups is 1. The molecule has 1 aromatic rings. The van der Waals surface area contributed by atoms with Crippen LogP contribution in [0, 0.1) is 0 Å². The Morgan fingerprint density at radius 2 is 2.00 bits per heavy atom. The lowest BCUT2D eigenvalue weighted by molar-refractivity contribution is -0.358. The molecule has 2 saturated heterocycles. The number of hydrogen-bond donors (Lipinski definition) is 1. The third-order valence-corrected chi connectivity index (χ3v) is 3.92. The van der Waals surface area contributed by atoms with E-state index in [4.69, 9.17) is 23.7 Å². The molecule has 7 nitrogen and oxygen atoms in total. The number of ether oxygens (including phenoxy) is 5. The maximum Gasteiger partial charge on any atom is 0.303 e. The first-order chi connectivity index (χ1) is 11.1. The molecule has 0 aliphatic carbocycles. The Kier molecular flexibility index (Phi) is 4.93. The van der Waals surface area contributed by atoms with Crippen molar-refractivity contribution in [1.82, 2.24) is 0 Å². The van der Waals surface area contributed by atoms with Crippen LogP contribution in [0.1, 0.15) is 18.8 Å². The Morgan fingerprint density at radius 3 is 2.65 bits per heavy atom. The Bertz CT molecular complexity index is 534. The lowest BCUT2D eigenvalue weighted by atomic mass is 9.97. The van der Waals surface area contributed by atoms with Gasteiger partial charge in [0, 0.05) is 19.6 Å². The lowest BCUT2D eigenvalue weighted by Gasteiger charge is -2.46. The fourth-order valence-corrected chi connectivity index (χ4v) is 2.85. The van der Waals surface area contributed by atoms with Crippen molar-refractivity contribution in [2.75, 3.05) is 13.7 Å². The number of rotatable bonds is 3. The molecule has 0 saturated carbocycles. The van der Waals surface area contributed by atoms with E-state index in [1.807, 2.05) is 30.3 Å². The first-order valence-corrected chi connectivity index (χ1v) is 7.45. The van der Waals surface area contributed by atoms with Crippen molar-refractivity contribution in [2.45, 2.75) is 43.9 Å². The van der Waals surface area contributed by atoms with Crippen LogP contribution in [0.15, 0.2) is 30.3 Å². The maximum atomic E-state index is 11.3. The Hall–Kier alpha value is -1.51. The van der Waals surface area contributed by atoms with Gasteiger partial charge < -0.3 is 28.8 Å². The predicted molar refractivity (Wildman–Crippen MR) is 77.2 cm³/mol. The summed E-state index contributed by atoms with van der Waals surface area (Å²) in [7, 11) is 1.42. The van der Waals surface area contributed by atoms with Gasteiger partial charge in [0.25, 0.3) is 0 Å². The van der Waals surface area contributed by atoms with Crippen molar-refractivity contribution in [2.24, 2.45) is 0 Å². The summed E-state index contributed by atoms with van der Waals surface area (Å²) < 4.78 is 27.5. The zero-order chi connectivity index (χ0) is 16.4. The third-order valence-electron chi connectivity index (χ3n) is 3.92. The quantitative estimate of drug-likeness (QED) is 0.822. The summed E-state index contributed by atoms with van der Waals surface area (Å²) in [4.78, 5) is 11.3. The van der Waals surface area contributed by atoms with E-state index >= 15 is 0 Å². The summed E-state index contributed by atoms with van der Waals surface area (Å²) in [5.74, 6) is -0.523. The van der Waals surface area contributed by atoms with Gasteiger partial charge in [-0.05, 0) is 0 Å². The molecule has 2 aliphatic rings. The van der Waals surface area contributed by atoms with Gasteiger partial charge in [0.05, 0.1) is 6.61 Å². The summed E-state index contributed by atoms with van der Waals surface area (Å²) in [6.07, 6.45) is -4.67. The third kappa shape index (κ3) is 3.39. The van der Waals surface area contributed by atoms with Crippen LogP contribution in [0.4, 0.5) is 0 Å². The van der Waals surface area contributed by atoms with Gasteiger partial charge >= 0.3 is 5.97 Å². The van der Waals surface area contributed by atoms with Crippen LogP contribution in [0.3, 0.4) is 0 Å². The number of hydrogen-bond acceptors (Lipinski definition) is 7. The predicted octanol–water partition coefficient (Wildman–Crippen LogP) is 0.764. The van der Waals surface area contributed by atoms with Crippen LogP contribution >= 0.6 is 0 Å². The molecule has 0 unspecified atom stereocenters. The molecule has 2 aliphatic heterocycles. The number of methoxy groups -OCH3 is 1. The summed E-state index contributed by atoms with van der Waals surface area (Å²) in [6, 6.07) is 9.41. The zero-order valence-corrected chi connectivity index (χ0v) is 13.0. The summed E-state index contributed by atoms with van der Waals surface area (Å²) in [5.41, 5.74) is 0.844. The SMILES string of the molecule is CO[C@H]1O[C@@H]2CO[C@@H](c3ccccc3)O[C@H]2[C@H](O)[C@H]1OC(C)=O. The minimum atomic E-state index is -1.07. The number of carbonyl (C=O) groups excluding carboxylic acids is 1. The molecule has 0 aromatic heterocycles. The highest BCUT2D eigenvalue weighted by atomic mass is 16.8. The molecule has 1 aromatic carbocycles. The van der Waals surface area contributed by atoms with Crippen LogP contribution in [-0.4, -0.2) is 55.5 Å². The van der Waals surface area contributed by atoms with Crippen LogP contribution in [0.5, 0.6) is 0 Å². The first-order valence-electron chi connectivity index (χ1n) is 7.45. The fraction of sp³-hybridized carbons (Fsp3) is 0.562. The van der Waals surface area contributed by atoms with E-state index in [1.54, 1.807) is 0 Å². The fourth-order valence-electron chi connectivity index (χ4n) is 2.85. The van der Waals surface area contributed by atoms with Gasteiger partial charge in [-0.3, -0.25) is 4.79 Å². The highest BCUT2D eigenvalue weighted by Gasteiger charge is 2.51. The lowest BCUT2D eigenvalue weighted by Crippen LogP contribution is -2.63. The molecular weight excluding hydrogens is 304 g/mol. The second kappa shape index (κ2) is 6.94. The average Bonchev–Trinajstić information content (AvgIpc) is 2.57. The van der Waals surface area contributed by atoms with Crippen molar-refractivity contribution in [3.63, 3.8) is 0 Å². The summed E-state index contributed by atoms with van der Waals surface area (Å²) >= 11 is 0.